The van der Waals surface area contributed by atoms with Gasteiger partial charge in [0.1, 0.15) is 12.2 Å². The summed E-state index contributed by atoms with van der Waals surface area (Å²) < 4.78 is 4.66. The molecule has 1 fully saturated rings. The monoisotopic (exact) mass is 224 g/mol. The molecule has 0 radical (unpaired) electrons. The van der Waals surface area contributed by atoms with Crippen LogP contribution in [-0.4, -0.2) is 39.8 Å². The third-order valence-corrected chi connectivity index (χ3v) is 2.25. The molecule has 4 nitrogen and oxygen atoms in total. The highest BCUT2D eigenvalue weighted by atomic mass is 79.9. The van der Waals surface area contributed by atoms with Crippen molar-refractivity contribution >= 4 is 21.9 Å². The fourth-order valence-corrected chi connectivity index (χ4v) is 1.34. The molecule has 0 amide bonds. The normalized spacial score (nSPS) is 33.5. The molecule has 0 spiro atoms. The van der Waals surface area contributed by atoms with Gasteiger partial charge in [-0.2, -0.15) is 0 Å². The summed E-state index contributed by atoms with van der Waals surface area (Å²) in [6, 6.07) is 0. The Bertz CT molecular complexity index is 161. The van der Waals surface area contributed by atoms with E-state index in [1.165, 1.54) is 0 Å². The zero-order chi connectivity index (χ0) is 8.43. The minimum Gasteiger partial charge on any atom is -0.458 e. The van der Waals surface area contributed by atoms with Crippen molar-refractivity contribution in [2.24, 2.45) is 0 Å². The van der Waals surface area contributed by atoms with E-state index in [0.717, 1.165) is 0 Å². The van der Waals surface area contributed by atoms with Gasteiger partial charge >= 0.3 is 5.97 Å². The average Bonchev–Trinajstić information content (AvgIpc) is 2.31. The van der Waals surface area contributed by atoms with E-state index in [2.05, 4.69) is 20.7 Å². The summed E-state index contributed by atoms with van der Waals surface area (Å²) in [7, 11) is 0. The Hall–Kier alpha value is -0.130. The third kappa shape index (κ3) is 1.91. The Kier molecular flexibility index (Phi) is 2.86. The van der Waals surface area contributed by atoms with Crippen LogP contribution in [0.5, 0.6) is 0 Å². The van der Waals surface area contributed by atoms with Crippen LogP contribution in [0.4, 0.5) is 0 Å². The van der Waals surface area contributed by atoms with Gasteiger partial charge in [0.15, 0.2) is 6.10 Å². The fourth-order valence-electron chi connectivity index (χ4n) is 0.927. The summed E-state index contributed by atoms with van der Waals surface area (Å²) in [5, 5.41) is 18.4. The predicted octanol–water partition coefficient (Wildman–Crippen LogP) is -0.581. The van der Waals surface area contributed by atoms with E-state index in [0.29, 0.717) is 5.33 Å². The zero-order valence-corrected chi connectivity index (χ0v) is 7.32. The van der Waals surface area contributed by atoms with Gasteiger partial charge < -0.3 is 14.9 Å². The minimum absolute atomic E-state index is 0.186. The van der Waals surface area contributed by atoms with E-state index in [4.69, 9.17) is 10.2 Å². The summed E-state index contributed by atoms with van der Waals surface area (Å²) in [6.45, 7) is 0. The maximum absolute atomic E-state index is 10.6. The van der Waals surface area contributed by atoms with Crippen LogP contribution in [0.15, 0.2) is 0 Å². The first-order valence-corrected chi connectivity index (χ1v) is 4.40. The fraction of sp³-hybridized carbons (Fsp3) is 0.833. The smallest absolute Gasteiger partial charge is 0.335 e. The maximum Gasteiger partial charge on any atom is 0.335 e. The molecule has 2 N–H and O–H groups in total. The van der Waals surface area contributed by atoms with Crippen LogP contribution >= 0.6 is 15.9 Å². The SMILES string of the molecule is O=C1O[C@@H]([C@H](O)CBr)C[C@H]1O. The molecule has 0 aromatic carbocycles. The molecule has 5 heteroatoms. The molecule has 0 saturated carbocycles. The average molecular weight is 225 g/mol. The van der Waals surface area contributed by atoms with Crippen LogP contribution in [0, 0.1) is 0 Å². The van der Waals surface area contributed by atoms with Gasteiger partial charge in [-0.1, -0.05) is 15.9 Å². The van der Waals surface area contributed by atoms with Crippen molar-refractivity contribution in [1.82, 2.24) is 0 Å². The first-order chi connectivity index (χ1) is 5.15. The highest BCUT2D eigenvalue weighted by Crippen LogP contribution is 2.18. The summed E-state index contributed by atoms with van der Waals surface area (Å²) in [4.78, 5) is 10.6. The second-order valence-corrected chi connectivity index (χ2v) is 3.10. The lowest BCUT2D eigenvalue weighted by molar-refractivity contribution is -0.149. The predicted molar refractivity (Wildman–Crippen MR) is 40.3 cm³/mol. The number of hydrogen-bond acceptors (Lipinski definition) is 4. The number of carbonyl (C=O) groups excluding carboxylic acids is 1. The second kappa shape index (κ2) is 3.51. The van der Waals surface area contributed by atoms with Crippen molar-refractivity contribution in [3.05, 3.63) is 0 Å². The van der Waals surface area contributed by atoms with Crippen molar-refractivity contribution in [3.63, 3.8) is 0 Å². The number of esters is 1. The summed E-state index contributed by atoms with van der Waals surface area (Å²) in [5.74, 6) is -0.644. The number of rotatable bonds is 2. The number of carbonyl (C=O) groups is 1. The highest BCUT2D eigenvalue weighted by molar-refractivity contribution is 9.09. The summed E-state index contributed by atoms with van der Waals surface area (Å²) in [5.41, 5.74) is 0. The van der Waals surface area contributed by atoms with E-state index in [1.807, 2.05) is 0 Å². The molecular formula is C6H9BrO4. The molecule has 1 aliphatic rings. The van der Waals surface area contributed by atoms with Crippen LogP contribution in [0.1, 0.15) is 6.42 Å². The number of cyclic esters (lactones) is 1. The molecule has 3 atom stereocenters. The number of halogens is 1. The Labute approximate surface area is 72.3 Å². The van der Waals surface area contributed by atoms with Gasteiger partial charge in [0.25, 0.3) is 0 Å². The van der Waals surface area contributed by atoms with Gasteiger partial charge in [-0.3, -0.25) is 0 Å². The lowest BCUT2D eigenvalue weighted by atomic mass is 10.1. The van der Waals surface area contributed by atoms with Crippen molar-refractivity contribution < 1.29 is 19.7 Å². The van der Waals surface area contributed by atoms with E-state index in [-0.39, 0.29) is 6.42 Å². The largest absolute Gasteiger partial charge is 0.458 e. The molecule has 11 heavy (non-hydrogen) atoms. The summed E-state index contributed by atoms with van der Waals surface area (Å²) in [6.07, 6.45) is -2.16. The van der Waals surface area contributed by atoms with Gasteiger partial charge in [-0.05, 0) is 0 Å². The third-order valence-electron chi connectivity index (χ3n) is 1.58. The van der Waals surface area contributed by atoms with Crippen LogP contribution in [-0.2, 0) is 9.53 Å². The number of aliphatic hydroxyl groups excluding tert-OH is 2. The van der Waals surface area contributed by atoms with Gasteiger partial charge in [0, 0.05) is 11.8 Å². The quantitative estimate of drug-likeness (QED) is 0.487. The van der Waals surface area contributed by atoms with Crippen molar-refractivity contribution in [2.45, 2.75) is 24.7 Å². The summed E-state index contributed by atoms with van der Waals surface area (Å²) >= 11 is 3.04. The van der Waals surface area contributed by atoms with Gasteiger partial charge in [-0.25, -0.2) is 4.79 Å². The van der Waals surface area contributed by atoms with Crippen molar-refractivity contribution in [3.8, 4) is 0 Å². The van der Waals surface area contributed by atoms with E-state index >= 15 is 0 Å². The number of ether oxygens (including phenoxy) is 1. The number of aliphatic hydroxyl groups is 2. The standard InChI is InChI=1S/C6H9BrO4/c7-2-4(9)5-1-3(8)6(10)11-5/h3-5,8-9H,1-2H2/t3-,4-,5-/m1/s1. The maximum atomic E-state index is 10.6. The van der Waals surface area contributed by atoms with Crippen molar-refractivity contribution in [1.29, 1.82) is 0 Å². The van der Waals surface area contributed by atoms with Gasteiger partial charge in [-0.15, -0.1) is 0 Å². The lowest BCUT2D eigenvalue weighted by Gasteiger charge is -2.12. The molecule has 0 unspecified atom stereocenters. The van der Waals surface area contributed by atoms with E-state index in [9.17, 15) is 4.79 Å². The Morgan fingerprint density at radius 2 is 2.45 bits per heavy atom. The Morgan fingerprint density at radius 3 is 2.82 bits per heavy atom. The lowest BCUT2D eigenvalue weighted by Crippen LogP contribution is -2.26. The minimum atomic E-state index is -1.06. The highest BCUT2D eigenvalue weighted by Gasteiger charge is 2.36. The molecule has 1 heterocycles. The number of alkyl halides is 1. The Morgan fingerprint density at radius 1 is 1.82 bits per heavy atom. The topological polar surface area (TPSA) is 66.8 Å². The molecule has 0 aromatic rings. The molecule has 1 rings (SSSR count). The molecule has 0 aliphatic carbocycles. The molecule has 64 valence electrons. The molecule has 0 aromatic heterocycles. The number of hydrogen-bond donors (Lipinski definition) is 2. The van der Waals surface area contributed by atoms with E-state index < -0.39 is 24.3 Å². The molecule has 0 bridgehead atoms. The van der Waals surface area contributed by atoms with E-state index in [1.54, 1.807) is 0 Å². The molecule has 1 saturated heterocycles. The van der Waals surface area contributed by atoms with Gasteiger partial charge in [0.2, 0.25) is 0 Å². The molecule has 1 aliphatic heterocycles. The van der Waals surface area contributed by atoms with Crippen LogP contribution in [0.2, 0.25) is 0 Å². The van der Waals surface area contributed by atoms with Crippen LogP contribution < -0.4 is 0 Å². The first kappa shape index (κ1) is 8.96. The van der Waals surface area contributed by atoms with Crippen LogP contribution in [0.3, 0.4) is 0 Å². The second-order valence-electron chi connectivity index (χ2n) is 2.45. The van der Waals surface area contributed by atoms with Crippen molar-refractivity contribution in [2.75, 3.05) is 5.33 Å². The van der Waals surface area contributed by atoms with Crippen LogP contribution in [0.25, 0.3) is 0 Å². The zero-order valence-electron chi connectivity index (χ0n) is 5.74. The first-order valence-electron chi connectivity index (χ1n) is 3.27. The van der Waals surface area contributed by atoms with Gasteiger partial charge in [0.05, 0.1) is 0 Å². The Balaban J connectivity index is 2.46. The molecular weight excluding hydrogens is 216 g/mol.